The van der Waals surface area contributed by atoms with E-state index in [0.29, 0.717) is 46.1 Å². The Morgan fingerprint density at radius 3 is 2.60 bits per heavy atom. The van der Waals surface area contributed by atoms with Gasteiger partial charge in [0.2, 0.25) is 11.8 Å². The minimum Gasteiger partial charge on any atom is -0.493 e. The second-order valence-corrected chi connectivity index (χ2v) is 8.42. The molecule has 10 heteroatoms. The Morgan fingerprint density at radius 1 is 1.17 bits per heavy atom. The Kier molecular flexibility index (Phi) is 7.02. The maximum atomic E-state index is 13.4. The fourth-order valence-corrected chi connectivity index (χ4v) is 4.32. The number of H-pyrrole nitrogens is 1. The molecule has 2 N–H and O–H groups in total. The summed E-state index contributed by atoms with van der Waals surface area (Å²) in [4.78, 5) is 49.4. The molecule has 0 radical (unpaired) electrons. The zero-order chi connectivity index (χ0) is 25.1. The highest BCUT2D eigenvalue weighted by Crippen LogP contribution is 2.32. The number of carbonyl (C=O) groups is 2. The predicted octanol–water partition coefficient (Wildman–Crippen LogP) is 2.53. The number of anilines is 2. The molecular weight excluding hydrogens is 450 g/mol. The van der Waals surface area contributed by atoms with Crippen molar-refractivity contribution in [1.82, 2.24) is 14.9 Å². The highest BCUT2D eigenvalue weighted by Gasteiger charge is 2.30. The van der Waals surface area contributed by atoms with Crippen LogP contribution in [0.5, 0.6) is 11.5 Å². The molecule has 1 aromatic heterocycles. The summed E-state index contributed by atoms with van der Waals surface area (Å²) in [5, 5.41) is 3.26. The predicted molar refractivity (Wildman–Crippen MR) is 133 cm³/mol. The molecule has 184 valence electrons. The van der Waals surface area contributed by atoms with E-state index in [2.05, 4.69) is 15.3 Å². The number of likely N-dealkylation sites (N-methyl/N-ethyl adjacent to an activating group) is 1. The second-order valence-electron chi connectivity index (χ2n) is 8.42. The number of benzene rings is 2. The average Bonchev–Trinajstić information content (AvgIpc) is 2.96. The van der Waals surface area contributed by atoms with Gasteiger partial charge >= 0.3 is 0 Å². The van der Waals surface area contributed by atoms with E-state index in [4.69, 9.17) is 9.47 Å². The lowest BCUT2D eigenvalue weighted by Gasteiger charge is -2.30. The van der Waals surface area contributed by atoms with Crippen molar-refractivity contribution < 1.29 is 19.1 Å². The molecule has 35 heavy (non-hydrogen) atoms. The van der Waals surface area contributed by atoms with Gasteiger partial charge in [0.05, 0.1) is 49.6 Å². The van der Waals surface area contributed by atoms with E-state index in [1.54, 1.807) is 23.1 Å². The SMILES string of the molecule is CCN(CC(=O)N1c2ccccc2NC(=O)C[C@@H]1C)Cc1nc2cc(OC)c(OC)cc2c(=O)[nH]1. The van der Waals surface area contributed by atoms with Crippen molar-refractivity contribution in [2.75, 3.05) is 37.5 Å². The van der Waals surface area contributed by atoms with Crippen molar-refractivity contribution in [3.63, 3.8) is 0 Å². The minimum atomic E-state index is -0.300. The molecule has 0 saturated heterocycles. The molecule has 0 saturated carbocycles. The lowest BCUT2D eigenvalue weighted by Crippen LogP contribution is -2.45. The molecule has 2 aromatic carbocycles. The lowest BCUT2D eigenvalue weighted by atomic mass is 10.1. The molecule has 2 amide bonds. The van der Waals surface area contributed by atoms with Gasteiger partial charge in [0.1, 0.15) is 5.82 Å². The number of para-hydroxylation sites is 2. The van der Waals surface area contributed by atoms with E-state index >= 15 is 0 Å². The zero-order valence-electron chi connectivity index (χ0n) is 20.3. The molecule has 0 fully saturated rings. The maximum absolute atomic E-state index is 13.4. The largest absolute Gasteiger partial charge is 0.493 e. The molecule has 1 aliphatic heterocycles. The standard InChI is InChI=1S/C25H29N5O5/c1-5-29(13-22-26-18-12-21(35-4)20(34-3)11-16(18)25(33)28-22)14-24(32)30-15(2)10-23(31)27-17-8-6-7-9-19(17)30/h6-9,11-12,15H,5,10,13-14H2,1-4H3,(H,27,31)(H,26,28,33)/t15-/m0/s1. The van der Waals surface area contributed by atoms with Gasteiger partial charge in [-0.2, -0.15) is 0 Å². The third-order valence-electron chi connectivity index (χ3n) is 6.07. The van der Waals surface area contributed by atoms with Gasteiger partial charge in [0.25, 0.3) is 5.56 Å². The van der Waals surface area contributed by atoms with Crippen LogP contribution in [0, 0.1) is 0 Å². The van der Waals surface area contributed by atoms with E-state index in [1.807, 2.05) is 36.9 Å². The molecule has 0 spiro atoms. The number of aromatic nitrogens is 2. The summed E-state index contributed by atoms with van der Waals surface area (Å²) in [7, 11) is 3.03. The summed E-state index contributed by atoms with van der Waals surface area (Å²) in [5.74, 6) is 1.09. The molecule has 1 atom stereocenters. The number of nitrogens with zero attached hydrogens (tertiary/aromatic N) is 3. The molecule has 0 bridgehead atoms. The van der Waals surface area contributed by atoms with Crippen LogP contribution < -0.4 is 25.2 Å². The van der Waals surface area contributed by atoms with Gasteiger partial charge in [-0.05, 0) is 31.7 Å². The van der Waals surface area contributed by atoms with Crippen molar-refractivity contribution in [3.8, 4) is 11.5 Å². The van der Waals surface area contributed by atoms with Gasteiger partial charge in [-0.3, -0.25) is 19.3 Å². The summed E-state index contributed by atoms with van der Waals surface area (Å²) >= 11 is 0. The minimum absolute atomic E-state index is 0.0943. The molecule has 0 aliphatic carbocycles. The van der Waals surface area contributed by atoms with Crippen LogP contribution in [-0.2, 0) is 16.1 Å². The number of fused-ring (bicyclic) bond motifs is 2. The van der Waals surface area contributed by atoms with Gasteiger partial charge in [-0.1, -0.05) is 19.1 Å². The van der Waals surface area contributed by atoms with Crippen molar-refractivity contribution in [1.29, 1.82) is 0 Å². The Labute approximate surface area is 202 Å². The van der Waals surface area contributed by atoms with Crippen LogP contribution in [0.1, 0.15) is 26.1 Å². The van der Waals surface area contributed by atoms with Crippen LogP contribution in [-0.4, -0.2) is 60.0 Å². The van der Waals surface area contributed by atoms with E-state index in [1.165, 1.54) is 14.2 Å². The van der Waals surface area contributed by atoms with E-state index in [0.717, 1.165) is 0 Å². The smallest absolute Gasteiger partial charge is 0.258 e. The molecule has 0 unspecified atom stereocenters. The van der Waals surface area contributed by atoms with Crippen molar-refractivity contribution in [2.45, 2.75) is 32.9 Å². The topological polar surface area (TPSA) is 117 Å². The van der Waals surface area contributed by atoms with Crippen LogP contribution in [0.3, 0.4) is 0 Å². The Balaban J connectivity index is 1.59. The molecule has 3 aromatic rings. The number of hydrogen-bond donors (Lipinski definition) is 2. The Hall–Kier alpha value is -3.92. The van der Waals surface area contributed by atoms with Crippen molar-refractivity contribution in [2.24, 2.45) is 0 Å². The molecule has 4 rings (SSSR count). The number of nitrogens with one attached hydrogen (secondary N) is 2. The first-order valence-electron chi connectivity index (χ1n) is 11.4. The van der Waals surface area contributed by atoms with Crippen LogP contribution in [0.2, 0.25) is 0 Å². The summed E-state index contributed by atoms with van der Waals surface area (Å²) in [6.45, 7) is 4.71. The molecular formula is C25H29N5O5. The van der Waals surface area contributed by atoms with Crippen molar-refractivity contribution in [3.05, 3.63) is 52.6 Å². The van der Waals surface area contributed by atoms with E-state index in [9.17, 15) is 14.4 Å². The lowest BCUT2D eigenvalue weighted by molar-refractivity contribution is -0.120. The maximum Gasteiger partial charge on any atom is 0.258 e. The Bertz CT molecular complexity index is 1320. The summed E-state index contributed by atoms with van der Waals surface area (Å²) < 4.78 is 10.6. The number of amides is 2. The number of methoxy groups -OCH3 is 2. The fourth-order valence-electron chi connectivity index (χ4n) is 4.32. The van der Waals surface area contributed by atoms with Gasteiger partial charge in [0, 0.05) is 18.5 Å². The van der Waals surface area contributed by atoms with E-state index in [-0.39, 0.29) is 42.9 Å². The van der Waals surface area contributed by atoms with E-state index < -0.39 is 0 Å². The first-order chi connectivity index (χ1) is 16.8. The molecule has 10 nitrogen and oxygen atoms in total. The number of carbonyl (C=O) groups excluding carboxylic acids is 2. The zero-order valence-corrected chi connectivity index (χ0v) is 20.3. The van der Waals surface area contributed by atoms with Gasteiger partial charge in [-0.15, -0.1) is 0 Å². The molecule has 1 aliphatic rings. The highest BCUT2D eigenvalue weighted by molar-refractivity contribution is 6.04. The second kappa shape index (κ2) is 10.1. The first-order valence-corrected chi connectivity index (χ1v) is 11.4. The van der Waals surface area contributed by atoms with Crippen molar-refractivity contribution >= 4 is 34.1 Å². The normalized spacial score (nSPS) is 15.5. The van der Waals surface area contributed by atoms with Crippen LogP contribution in [0.4, 0.5) is 11.4 Å². The number of hydrogen-bond acceptors (Lipinski definition) is 7. The van der Waals surface area contributed by atoms with Crippen LogP contribution >= 0.6 is 0 Å². The Morgan fingerprint density at radius 2 is 1.89 bits per heavy atom. The number of ether oxygens (including phenoxy) is 2. The molecule has 2 heterocycles. The number of aromatic amines is 1. The number of rotatable bonds is 7. The third kappa shape index (κ3) is 4.97. The summed E-state index contributed by atoms with van der Waals surface area (Å²) in [6.07, 6.45) is 0.206. The fraction of sp³-hybridized carbons (Fsp3) is 0.360. The monoisotopic (exact) mass is 479 g/mol. The highest BCUT2D eigenvalue weighted by atomic mass is 16.5. The van der Waals surface area contributed by atoms with Gasteiger partial charge in [-0.25, -0.2) is 4.98 Å². The quantitative estimate of drug-likeness (QED) is 0.535. The van der Waals surface area contributed by atoms with Crippen LogP contribution in [0.15, 0.2) is 41.2 Å². The summed E-state index contributed by atoms with van der Waals surface area (Å²) in [6, 6.07) is 10.2. The average molecular weight is 480 g/mol. The first kappa shape index (κ1) is 24.2. The van der Waals surface area contributed by atoms with Crippen LogP contribution in [0.25, 0.3) is 10.9 Å². The van der Waals surface area contributed by atoms with Gasteiger partial charge in [0.15, 0.2) is 11.5 Å². The summed E-state index contributed by atoms with van der Waals surface area (Å²) in [5.41, 5.74) is 1.46. The third-order valence-corrected chi connectivity index (χ3v) is 6.07. The van der Waals surface area contributed by atoms with Gasteiger partial charge < -0.3 is 24.7 Å².